The first-order valence-electron chi connectivity index (χ1n) is 12.4. The summed E-state index contributed by atoms with van der Waals surface area (Å²) in [7, 11) is -4.85. The lowest BCUT2D eigenvalue weighted by atomic mass is 10.0. The molecule has 0 aromatic carbocycles. The molecule has 0 saturated heterocycles. The summed E-state index contributed by atoms with van der Waals surface area (Å²) in [5.74, 6) is -1.32. The van der Waals surface area contributed by atoms with Crippen molar-refractivity contribution in [1.29, 1.82) is 0 Å². The molecular formula is C24H46O6S. The van der Waals surface area contributed by atoms with Crippen molar-refractivity contribution in [3.63, 3.8) is 0 Å². The molecule has 6 nitrogen and oxygen atoms in total. The highest BCUT2D eigenvalue weighted by Crippen LogP contribution is 2.13. The highest BCUT2D eigenvalue weighted by Gasteiger charge is 2.21. The van der Waals surface area contributed by atoms with Gasteiger partial charge >= 0.3 is 16.4 Å². The zero-order chi connectivity index (χ0) is 23.2. The number of carbonyl (C=O) groups excluding carboxylic acids is 1. The number of aliphatic hydroxyl groups excluding tert-OH is 1. The maximum atomic E-state index is 11.2. The first-order chi connectivity index (χ1) is 14.9. The number of hydrogen-bond acceptors (Lipinski definition) is 5. The van der Waals surface area contributed by atoms with E-state index in [0.29, 0.717) is 6.42 Å². The van der Waals surface area contributed by atoms with Crippen LogP contribution in [0.3, 0.4) is 0 Å². The van der Waals surface area contributed by atoms with Gasteiger partial charge in [-0.05, 0) is 32.1 Å². The Morgan fingerprint density at radius 1 is 0.742 bits per heavy atom. The lowest BCUT2D eigenvalue weighted by Gasteiger charge is -2.08. The van der Waals surface area contributed by atoms with E-state index >= 15 is 0 Å². The first kappa shape index (κ1) is 30.1. The van der Waals surface area contributed by atoms with Crippen LogP contribution in [0.5, 0.6) is 0 Å². The van der Waals surface area contributed by atoms with Gasteiger partial charge in [-0.25, -0.2) is 4.79 Å². The summed E-state index contributed by atoms with van der Waals surface area (Å²) in [6.07, 6.45) is 25.2. The Hall–Kier alpha value is -0.920. The minimum atomic E-state index is -4.85. The monoisotopic (exact) mass is 462 g/mol. The molecule has 0 aromatic heterocycles. The van der Waals surface area contributed by atoms with Crippen LogP contribution in [-0.2, 0) is 19.4 Å². The molecule has 0 bridgehead atoms. The van der Waals surface area contributed by atoms with Crippen molar-refractivity contribution in [1.82, 2.24) is 0 Å². The third-order valence-corrected chi connectivity index (χ3v) is 5.82. The van der Waals surface area contributed by atoms with Crippen LogP contribution in [0, 0.1) is 0 Å². The summed E-state index contributed by atoms with van der Waals surface area (Å²) in [6, 6.07) is 0. The zero-order valence-electron chi connectivity index (χ0n) is 19.6. The van der Waals surface area contributed by atoms with Gasteiger partial charge in [0, 0.05) is 0 Å². The lowest BCUT2D eigenvalue weighted by Crippen LogP contribution is -2.25. The maximum Gasteiger partial charge on any atom is 0.449 e. The van der Waals surface area contributed by atoms with Gasteiger partial charge in [-0.2, -0.15) is 8.42 Å². The zero-order valence-corrected chi connectivity index (χ0v) is 20.4. The largest absolute Gasteiger partial charge is 0.449 e. The molecule has 0 rings (SSSR count). The second-order valence-electron chi connectivity index (χ2n) is 8.49. The Balaban J connectivity index is 3.30. The molecule has 0 aliphatic rings. The van der Waals surface area contributed by atoms with E-state index in [1.54, 1.807) is 0 Å². The third kappa shape index (κ3) is 23.6. The first-order valence-corrected chi connectivity index (χ1v) is 13.8. The molecule has 0 spiro atoms. The van der Waals surface area contributed by atoms with Gasteiger partial charge in [0.1, 0.15) is 0 Å². The summed E-state index contributed by atoms with van der Waals surface area (Å²) in [6.45, 7) is 2.26. The van der Waals surface area contributed by atoms with Gasteiger partial charge in [-0.3, -0.25) is 4.55 Å². The average molecular weight is 463 g/mol. The molecule has 184 valence electrons. The molecule has 0 aromatic rings. The molecule has 0 aliphatic carbocycles. The number of allylic oxidation sites excluding steroid dienone is 2. The number of aliphatic hydroxyl groups is 1. The predicted molar refractivity (Wildman–Crippen MR) is 126 cm³/mol. The highest BCUT2D eigenvalue weighted by molar-refractivity contribution is 7.81. The van der Waals surface area contributed by atoms with E-state index in [9.17, 15) is 18.3 Å². The van der Waals surface area contributed by atoms with Crippen LogP contribution in [0.2, 0.25) is 0 Å². The van der Waals surface area contributed by atoms with Crippen molar-refractivity contribution < 1.29 is 27.1 Å². The standard InChI is InChI=1S/C24H46O6S/c1-2-3-4-5-6-7-8-9-10-11-12-13-14-15-16-17-18-19-20-21-22-23(25)24(26)30-31(27,28)29/h9-10,23,25H,2-8,11-22H2,1H3,(H,27,28,29)/b10-9-. The smallest absolute Gasteiger partial charge is 0.381 e. The minimum absolute atomic E-state index is 0.141. The Morgan fingerprint density at radius 2 is 1.13 bits per heavy atom. The summed E-state index contributed by atoms with van der Waals surface area (Å²) < 4.78 is 32.9. The molecule has 0 amide bonds. The highest BCUT2D eigenvalue weighted by atomic mass is 32.3. The molecule has 0 radical (unpaired) electrons. The lowest BCUT2D eigenvalue weighted by molar-refractivity contribution is -0.144. The number of carbonyl (C=O) groups is 1. The third-order valence-electron chi connectivity index (χ3n) is 5.45. The molecular weight excluding hydrogens is 416 g/mol. The minimum Gasteiger partial charge on any atom is -0.381 e. The van der Waals surface area contributed by atoms with Gasteiger partial charge < -0.3 is 9.29 Å². The van der Waals surface area contributed by atoms with Gasteiger partial charge in [0.2, 0.25) is 0 Å². The van der Waals surface area contributed by atoms with E-state index < -0.39 is 22.5 Å². The van der Waals surface area contributed by atoms with Crippen molar-refractivity contribution in [2.45, 2.75) is 135 Å². The number of rotatable bonds is 22. The van der Waals surface area contributed by atoms with Gasteiger partial charge in [0.25, 0.3) is 0 Å². The second-order valence-corrected chi connectivity index (χ2v) is 9.51. The van der Waals surface area contributed by atoms with Crippen LogP contribution < -0.4 is 0 Å². The van der Waals surface area contributed by atoms with Gasteiger partial charge in [-0.1, -0.05) is 109 Å². The summed E-state index contributed by atoms with van der Waals surface area (Å²) in [4.78, 5) is 11.2. The number of unbranched alkanes of at least 4 members (excludes halogenated alkanes) is 16. The molecule has 7 heteroatoms. The Labute approximate surface area is 190 Å². The fraction of sp³-hybridized carbons (Fsp3) is 0.875. The van der Waals surface area contributed by atoms with E-state index in [1.807, 2.05) is 0 Å². The van der Waals surface area contributed by atoms with E-state index in [4.69, 9.17) is 4.55 Å². The molecule has 0 heterocycles. The SMILES string of the molecule is CCCCCCCC/C=C\CCCCCCCCCCCCC(O)C(=O)OS(=O)(=O)O. The molecule has 1 atom stereocenters. The van der Waals surface area contributed by atoms with Crippen LogP contribution >= 0.6 is 0 Å². The van der Waals surface area contributed by atoms with Crippen molar-refractivity contribution in [2.75, 3.05) is 0 Å². The normalized spacial score (nSPS) is 13.0. The predicted octanol–water partition coefficient (Wildman–Crippen LogP) is 6.68. The fourth-order valence-electron chi connectivity index (χ4n) is 3.57. The van der Waals surface area contributed by atoms with E-state index in [2.05, 4.69) is 23.3 Å². The van der Waals surface area contributed by atoms with Crippen molar-refractivity contribution >= 4 is 16.4 Å². The average Bonchev–Trinajstić information content (AvgIpc) is 2.71. The second kappa shape index (κ2) is 21.0. The van der Waals surface area contributed by atoms with Crippen LogP contribution in [0.1, 0.15) is 129 Å². The molecule has 2 N–H and O–H groups in total. The summed E-state index contributed by atoms with van der Waals surface area (Å²) in [5, 5.41) is 9.48. The molecule has 0 saturated carbocycles. The van der Waals surface area contributed by atoms with Crippen LogP contribution in [0.4, 0.5) is 0 Å². The topological polar surface area (TPSA) is 101 Å². The molecule has 31 heavy (non-hydrogen) atoms. The quantitative estimate of drug-likeness (QED) is 0.106. The van der Waals surface area contributed by atoms with E-state index in [0.717, 1.165) is 19.3 Å². The van der Waals surface area contributed by atoms with E-state index in [-0.39, 0.29) is 6.42 Å². The Kier molecular flexibility index (Phi) is 20.3. The van der Waals surface area contributed by atoms with Gasteiger partial charge in [0.05, 0.1) is 0 Å². The van der Waals surface area contributed by atoms with Crippen LogP contribution in [0.25, 0.3) is 0 Å². The van der Waals surface area contributed by atoms with Crippen LogP contribution in [-0.4, -0.2) is 30.2 Å². The van der Waals surface area contributed by atoms with Crippen LogP contribution in [0.15, 0.2) is 12.2 Å². The summed E-state index contributed by atoms with van der Waals surface area (Å²) >= 11 is 0. The Morgan fingerprint density at radius 3 is 1.55 bits per heavy atom. The molecule has 0 aliphatic heterocycles. The van der Waals surface area contributed by atoms with Crippen molar-refractivity contribution in [2.24, 2.45) is 0 Å². The van der Waals surface area contributed by atoms with E-state index in [1.165, 1.54) is 89.9 Å². The maximum absolute atomic E-state index is 11.2. The fourth-order valence-corrected chi connectivity index (χ4v) is 3.89. The Bertz CT molecular complexity index is 544. The molecule has 1 unspecified atom stereocenters. The van der Waals surface area contributed by atoms with Gasteiger partial charge in [-0.15, -0.1) is 0 Å². The van der Waals surface area contributed by atoms with Gasteiger partial charge in [0.15, 0.2) is 6.10 Å². The van der Waals surface area contributed by atoms with Crippen molar-refractivity contribution in [3.8, 4) is 0 Å². The van der Waals surface area contributed by atoms with Crippen molar-refractivity contribution in [3.05, 3.63) is 12.2 Å². The molecule has 0 fully saturated rings. The summed E-state index contributed by atoms with van der Waals surface area (Å²) in [5.41, 5.74) is 0. The number of hydrogen-bond donors (Lipinski definition) is 2.